The topological polar surface area (TPSA) is 87.5 Å². The van der Waals surface area contributed by atoms with E-state index < -0.39 is 5.91 Å². The van der Waals surface area contributed by atoms with Gasteiger partial charge in [0, 0.05) is 34.3 Å². The number of halogens is 1. The van der Waals surface area contributed by atoms with Crippen LogP contribution in [0.25, 0.3) is 5.70 Å². The van der Waals surface area contributed by atoms with Crippen LogP contribution in [-0.4, -0.2) is 29.0 Å². The molecule has 0 spiro atoms. The molecule has 4 rings (SSSR count). The van der Waals surface area contributed by atoms with Crippen LogP contribution in [0.2, 0.25) is 5.02 Å². The summed E-state index contributed by atoms with van der Waals surface area (Å²) in [5.41, 5.74) is 11.6. The molecule has 4 N–H and O–H groups in total. The van der Waals surface area contributed by atoms with Crippen LogP contribution in [0, 0.1) is 5.41 Å². The minimum atomic E-state index is -0.504. The molecule has 1 saturated heterocycles. The van der Waals surface area contributed by atoms with Gasteiger partial charge >= 0.3 is 0 Å². The maximum atomic E-state index is 13.0. The Morgan fingerprint density at radius 2 is 1.83 bits per heavy atom. The normalized spacial score (nSPS) is 23.6. The average molecular weight is 425 g/mol. The molecule has 2 heterocycles. The molecule has 30 heavy (non-hydrogen) atoms. The Morgan fingerprint density at radius 1 is 1.13 bits per heavy atom. The lowest BCUT2D eigenvalue weighted by molar-refractivity contribution is -0.131. The maximum Gasteiger partial charge on any atom is 0.264 e. The first-order valence-electron chi connectivity index (χ1n) is 9.88. The van der Waals surface area contributed by atoms with Gasteiger partial charge in [-0.25, -0.2) is 5.43 Å². The van der Waals surface area contributed by atoms with Crippen LogP contribution in [0.3, 0.4) is 0 Å². The minimum absolute atomic E-state index is 0.00533. The first-order chi connectivity index (χ1) is 14.1. The number of fused-ring (bicyclic) bond motifs is 1. The lowest BCUT2D eigenvalue weighted by atomic mass is 9.76. The van der Waals surface area contributed by atoms with Crippen molar-refractivity contribution in [3.05, 3.63) is 76.3 Å². The van der Waals surface area contributed by atoms with Gasteiger partial charge in [-0.1, -0.05) is 56.6 Å². The van der Waals surface area contributed by atoms with E-state index in [0.717, 1.165) is 11.1 Å². The summed E-state index contributed by atoms with van der Waals surface area (Å²) in [5.74, 6) is -0.645. The second-order valence-electron chi connectivity index (χ2n) is 8.85. The summed E-state index contributed by atoms with van der Waals surface area (Å²) in [4.78, 5) is 24.6. The molecule has 1 fully saturated rings. The van der Waals surface area contributed by atoms with Crippen LogP contribution in [0.1, 0.15) is 48.2 Å². The smallest absolute Gasteiger partial charge is 0.264 e. The lowest BCUT2D eigenvalue weighted by Gasteiger charge is -2.34. The number of carbonyl (C=O) groups excluding carboxylic acids is 2. The molecule has 156 valence electrons. The zero-order valence-electron chi connectivity index (χ0n) is 17.1. The Kier molecular flexibility index (Phi) is 5.08. The third-order valence-corrected chi connectivity index (χ3v) is 5.96. The van der Waals surface area contributed by atoms with E-state index in [9.17, 15) is 9.59 Å². The highest BCUT2D eigenvalue weighted by molar-refractivity contribution is 6.30. The van der Waals surface area contributed by atoms with E-state index in [0.29, 0.717) is 16.3 Å². The summed E-state index contributed by atoms with van der Waals surface area (Å²) in [6.07, 6.45) is 1.26. The van der Waals surface area contributed by atoms with Crippen molar-refractivity contribution in [2.24, 2.45) is 11.1 Å². The molecule has 2 aromatic rings. The second kappa shape index (κ2) is 7.45. The molecular formula is C23H25ClN4O2. The maximum absolute atomic E-state index is 13.0. The number of rotatable bonds is 3. The highest BCUT2D eigenvalue weighted by Gasteiger charge is 2.50. The molecule has 3 unspecified atom stereocenters. The van der Waals surface area contributed by atoms with Gasteiger partial charge in [-0.15, -0.1) is 0 Å². The van der Waals surface area contributed by atoms with Crippen molar-refractivity contribution in [1.29, 1.82) is 0 Å². The predicted molar refractivity (Wildman–Crippen MR) is 117 cm³/mol. The summed E-state index contributed by atoms with van der Waals surface area (Å²) in [6, 6.07) is 14.8. The molecule has 0 aliphatic carbocycles. The molecule has 3 atom stereocenters. The molecule has 2 amide bonds. The zero-order valence-corrected chi connectivity index (χ0v) is 17.9. The molecule has 2 aromatic carbocycles. The van der Waals surface area contributed by atoms with Crippen molar-refractivity contribution in [3.63, 3.8) is 0 Å². The van der Waals surface area contributed by atoms with Crippen molar-refractivity contribution in [2.45, 2.75) is 38.9 Å². The van der Waals surface area contributed by atoms with Crippen LogP contribution in [-0.2, 0) is 4.79 Å². The van der Waals surface area contributed by atoms with E-state index in [4.69, 9.17) is 17.3 Å². The monoisotopic (exact) mass is 424 g/mol. The van der Waals surface area contributed by atoms with Gasteiger partial charge in [-0.3, -0.25) is 14.6 Å². The van der Waals surface area contributed by atoms with Crippen molar-refractivity contribution in [1.82, 2.24) is 15.8 Å². The van der Waals surface area contributed by atoms with Crippen LogP contribution in [0.15, 0.2) is 54.6 Å². The number of nitrogens with two attached hydrogens (primary N) is 1. The molecule has 0 radical (unpaired) electrons. The fourth-order valence-corrected chi connectivity index (χ4v) is 4.33. The summed E-state index contributed by atoms with van der Waals surface area (Å²) >= 11 is 6.11. The Hall–Kier alpha value is -2.83. The van der Waals surface area contributed by atoms with E-state index in [2.05, 4.69) is 31.5 Å². The molecule has 2 aliphatic rings. The highest BCUT2D eigenvalue weighted by atomic mass is 35.5. The van der Waals surface area contributed by atoms with Gasteiger partial charge in [-0.05, 0) is 40.8 Å². The van der Waals surface area contributed by atoms with Crippen LogP contribution in [0.4, 0.5) is 0 Å². The summed E-state index contributed by atoms with van der Waals surface area (Å²) in [6.45, 7) is 6.46. The number of primary amides is 1. The number of benzene rings is 2. The molecule has 0 bridgehead atoms. The van der Waals surface area contributed by atoms with E-state index in [1.54, 1.807) is 29.3 Å². The number of hydrazine groups is 1. The van der Waals surface area contributed by atoms with Gasteiger partial charge in [0.2, 0.25) is 5.91 Å². The second-order valence-corrected chi connectivity index (χ2v) is 9.29. The largest absolute Gasteiger partial charge is 0.366 e. The Labute approximate surface area is 181 Å². The third-order valence-electron chi connectivity index (χ3n) is 5.71. The Morgan fingerprint density at radius 3 is 2.47 bits per heavy atom. The van der Waals surface area contributed by atoms with Crippen LogP contribution >= 0.6 is 11.6 Å². The minimum Gasteiger partial charge on any atom is -0.366 e. The summed E-state index contributed by atoms with van der Waals surface area (Å²) in [7, 11) is 0. The van der Waals surface area contributed by atoms with Gasteiger partial charge in [0.25, 0.3) is 5.91 Å². The van der Waals surface area contributed by atoms with E-state index in [1.807, 2.05) is 30.3 Å². The van der Waals surface area contributed by atoms with Crippen molar-refractivity contribution in [2.75, 3.05) is 0 Å². The van der Waals surface area contributed by atoms with E-state index >= 15 is 0 Å². The number of hydrogen-bond acceptors (Lipinski definition) is 4. The van der Waals surface area contributed by atoms with Crippen LogP contribution in [0.5, 0.6) is 0 Å². The average Bonchev–Trinajstić information content (AvgIpc) is 3.09. The van der Waals surface area contributed by atoms with Crippen molar-refractivity contribution < 1.29 is 9.59 Å². The fraction of sp³-hybridized carbons (Fsp3) is 0.304. The van der Waals surface area contributed by atoms with Gasteiger partial charge in [-0.2, -0.15) is 0 Å². The van der Waals surface area contributed by atoms with Crippen LogP contribution < -0.4 is 16.5 Å². The predicted octanol–water partition coefficient (Wildman–Crippen LogP) is 3.25. The zero-order chi connectivity index (χ0) is 21.6. The summed E-state index contributed by atoms with van der Waals surface area (Å²) in [5, 5.41) is 5.85. The first kappa shape index (κ1) is 20.4. The van der Waals surface area contributed by atoms with Crippen molar-refractivity contribution >= 4 is 29.1 Å². The number of nitrogens with one attached hydrogen (secondary N) is 2. The van der Waals surface area contributed by atoms with E-state index in [-0.39, 0.29) is 29.4 Å². The molecule has 0 aromatic heterocycles. The molecule has 2 aliphatic heterocycles. The summed E-state index contributed by atoms with van der Waals surface area (Å²) < 4.78 is 0. The lowest BCUT2D eigenvalue weighted by Crippen LogP contribution is -2.52. The Bertz CT molecular complexity index is 1030. The number of carbonyl (C=O) groups is 2. The number of amides is 2. The van der Waals surface area contributed by atoms with Gasteiger partial charge in [0.15, 0.2) is 0 Å². The van der Waals surface area contributed by atoms with E-state index in [1.165, 1.54) is 0 Å². The molecule has 0 saturated carbocycles. The van der Waals surface area contributed by atoms with Gasteiger partial charge in [0.05, 0.1) is 0 Å². The number of hydrogen-bond donors (Lipinski definition) is 3. The SMILES string of the molecule is CC(C)(C)C1NN2C(=O)C=C(c3cccc(C(N)=O)c3)NC2C1c1ccc(Cl)cc1. The number of nitrogens with zero attached hydrogens (tertiary/aromatic N) is 1. The highest BCUT2D eigenvalue weighted by Crippen LogP contribution is 2.41. The fourth-order valence-electron chi connectivity index (χ4n) is 4.20. The van der Waals surface area contributed by atoms with Gasteiger partial charge in [0.1, 0.15) is 6.17 Å². The van der Waals surface area contributed by atoms with Gasteiger partial charge < -0.3 is 11.1 Å². The Balaban J connectivity index is 1.74. The quantitative estimate of drug-likeness (QED) is 0.705. The molecule has 7 heteroatoms. The van der Waals surface area contributed by atoms with Crippen molar-refractivity contribution in [3.8, 4) is 0 Å². The first-order valence-corrected chi connectivity index (χ1v) is 10.3. The molecular weight excluding hydrogens is 400 g/mol. The molecule has 6 nitrogen and oxygen atoms in total. The third kappa shape index (κ3) is 3.68. The standard InChI is InChI=1S/C23H25ClN4O2/c1-23(2,3)20-19(13-7-9-16(24)10-8-13)22-26-17(12-18(29)28(22)27-20)14-5-4-6-15(11-14)21(25)30/h4-12,19-20,22,26-27H,1-3H3,(H2,25,30).